The van der Waals surface area contributed by atoms with Gasteiger partial charge in [-0.2, -0.15) is 0 Å². The fourth-order valence-electron chi connectivity index (χ4n) is 1.35. The van der Waals surface area contributed by atoms with Crippen LogP contribution in [0.1, 0.15) is 48.5 Å². The summed E-state index contributed by atoms with van der Waals surface area (Å²) in [7, 11) is -4.55. The van der Waals surface area contributed by atoms with Crippen molar-refractivity contribution in [2.75, 3.05) is 0 Å². The second kappa shape index (κ2) is 11.5. The van der Waals surface area contributed by atoms with Crippen LogP contribution in [0.2, 0.25) is 6.04 Å². The quantitative estimate of drug-likeness (QED) is 0.558. The van der Waals surface area contributed by atoms with Gasteiger partial charge in [-0.1, -0.05) is 40.7 Å². The van der Waals surface area contributed by atoms with Crippen molar-refractivity contribution in [2.45, 2.75) is 54.5 Å². The molecule has 0 bridgehead atoms. The molecule has 0 aliphatic heterocycles. The van der Waals surface area contributed by atoms with Crippen molar-refractivity contribution in [3.05, 3.63) is 33.8 Å². The molecular formula is C14H32O3Si4. The number of allylic oxidation sites excluding steroid dienone is 6. The summed E-state index contributed by atoms with van der Waals surface area (Å²) in [4.78, 5) is 0. The van der Waals surface area contributed by atoms with Crippen molar-refractivity contribution in [3.63, 3.8) is 0 Å². The van der Waals surface area contributed by atoms with E-state index in [0.717, 1.165) is 6.04 Å². The summed E-state index contributed by atoms with van der Waals surface area (Å²) >= 11 is 0. The van der Waals surface area contributed by atoms with Gasteiger partial charge in [-0.25, -0.2) is 0 Å². The van der Waals surface area contributed by atoms with Gasteiger partial charge in [-0.15, -0.1) is 0 Å². The molecule has 122 valence electrons. The van der Waals surface area contributed by atoms with Gasteiger partial charge in [0.25, 0.3) is 0 Å². The van der Waals surface area contributed by atoms with Gasteiger partial charge < -0.3 is 12.3 Å². The molecule has 0 saturated carbocycles. The van der Waals surface area contributed by atoms with Gasteiger partial charge in [0.15, 0.2) is 29.3 Å². The fraction of sp³-hybridized carbons (Fsp3) is 0.571. The highest BCUT2D eigenvalue weighted by Gasteiger charge is 2.37. The maximum absolute atomic E-state index is 6.30. The molecule has 0 atom stereocenters. The van der Waals surface area contributed by atoms with Crippen molar-refractivity contribution in [1.82, 2.24) is 0 Å². The highest BCUT2D eigenvalue weighted by atomic mass is 28.5. The second-order valence-electron chi connectivity index (χ2n) is 5.31. The van der Waals surface area contributed by atoms with Crippen LogP contribution in [-0.4, -0.2) is 38.1 Å². The molecule has 0 unspecified atom stereocenters. The normalized spacial score (nSPS) is 18.7. The Morgan fingerprint density at radius 1 is 0.762 bits per heavy atom. The third-order valence-corrected chi connectivity index (χ3v) is 13.9. The molecule has 0 heterocycles. The fourth-order valence-corrected chi connectivity index (χ4v) is 12.9. The third kappa shape index (κ3) is 8.86. The molecule has 7 heteroatoms. The van der Waals surface area contributed by atoms with Crippen molar-refractivity contribution >= 4 is 38.1 Å². The zero-order chi connectivity index (χ0) is 16.3. The average Bonchev–Trinajstić information content (AvgIpc) is 2.53. The van der Waals surface area contributed by atoms with Crippen LogP contribution in [0.3, 0.4) is 0 Å². The molecule has 3 nitrogen and oxygen atoms in total. The summed E-state index contributed by atoms with van der Waals surface area (Å²) in [5, 5.41) is 4.09. The molecule has 0 spiro atoms. The Morgan fingerprint density at radius 3 is 1.24 bits per heavy atom. The van der Waals surface area contributed by atoms with E-state index in [4.69, 9.17) is 12.3 Å². The monoisotopic (exact) mass is 360 g/mol. The first-order valence-corrected chi connectivity index (χ1v) is 13.5. The Labute approximate surface area is 139 Å². The Bertz CT molecular complexity index is 337. The number of hydrogen-bond acceptors (Lipinski definition) is 3. The van der Waals surface area contributed by atoms with Gasteiger partial charge in [-0.05, 0) is 41.5 Å². The van der Waals surface area contributed by atoms with E-state index in [-0.39, 0.29) is 0 Å². The first-order chi connectivity index (χ1) is 9.92. The van der Waals surface area contributed by atoms with E-state index in [2.05, 4.69) is 66.7 Å². The van der Waals surface area contributed by atoms with E-state index in [0.29, 0.717) is 0 Å². The van der Waals surface area contributed by atoms with E-state index >= 15 is 0 Å². The Morgan fingerprint density at radius 2 is 1.05 bits per heavy atom. The summed E-state index contributed by atoms with van der Waals surface area (Å²) in [6.45, 7) is 14.8. The van der Waals surface area contributed by atoms with Crippen LogP contribution >= 0.6 is 0 Å². The van der Waals surface area contributed by atoms with Gasteiger partial charge in [0.05, 0.1) is 0 Å². The highest BCUT2D eigenvalue weighted by molar-refractivity contribution is 6.75. The lowest BCUT2D eigenvalue weighted by atomic mass is 10.6. The molecule has 21 heavy (non-hydrogen) atoms. The van der Waals surface area contributed by atoms with E-state index in [1.54, 1.807) is 0 Å². The van der Waals surface area contributed by atoms with E-state index in [9.17, 15) is 0 Å². The van der Waals surface area contributed by atoms with Crippen LogP contribution in [0.15, 0.2) is 33.8 Å². The molecular weight excluding hydrogens is 328 g/mol. The van der Waals surface area contributed by atoms with Crippen LogP contribution in [0.5, 0.6) is 0 Å². The van der Waals surface area contributed by atoms with Crippen LogP contribution in [0.4, 0.5) is 0 Å². The summed E-state index contributed by atoms with van der Waals surface area (Å²) in [5.41, 5.74) is 0. The minimum absolute atomic E-state index is 0.703. The topological polar surface area (TPSA) is 27.7 Å². The van der Waals surface area contributed by atoms with Crippen LogP contribution < -0.4 is 0 Å². The zero-order valence-electron chi connectivity index (χ0n) is 14.8. The first-order valence-electron chi connectivity index (χ1n) is 7.70. The molecule has 0 aromatic heterocycles. The Kier molecular flexibility index (Phi) is 11.5. The van der Waals surface area contributed by atoms with Gasteiger partial charge in [0.2, 0.25) is 0 Å². The minimum atomic E-state index is -2.44. The van der Waals surface area contributed by atoms with Crippen molar-refractivity contribution in [3.8, 4) is 0 Å². The van der Waals surface area contributed by atoms with E-state index in [1.165, 1.54) is 15.6 Å². The lowest BCUT2D eigenvalue weighted by molar-refractivity contribution is 0.285. The molecule has 0 amide bonds. The highest BCUT2D eigenvalue weighted by Crippen LogP contribution is 2.17. The van der Waals surface area contributed by atoms with Gasteiger partial charge in [-0.3, -0.25) is 0 Å². The Balaban J connectivity index is 4.89. The minimum Gasteiger partial charge on any atom is -0.418 e. The predicted octanol–water partition coefficient (Wildman–Crippen LogP) is 2.02. The van der Waals surface area contributed by atoms with Gasteiger partial charge >= 0.3 is 8.80 Å². The van der Waals surface area contributed by atoms with Crippen LogP contribution in [0, 0.1) is 0 Å². The van der Waals surface area contributed by atoms with Crippen molar-refractivity contribution < 1.29 is 12.3 Å². The second-order valence-corrected chi connectivity index (χ2v) is 15.1. The van der Waals surface area contributed by atoms with Crippen molar-refractivity contribution in [2.24, 2.45) is 0 Å². The summed E-state index contributed by atoms with van der Waals surface area (Å²) in [6.07, 6.45) is 6.43. The average molecular weight is 361 g/mol. The molecule has 0 radical (unpaired) electrons. The maximum atomic E-state index is 6.30. The molecule has 0 saturated heterocycles. The smallest absolute Gasteiger partial charge is 0.418 e. The van der Waals surface area contributed by atoms with E-state index < -0.39 is 38.1 Å². The first kappa shape index (κ1) is 21.0. The number of rotatable bonds is 10. The lowest BCUT2D eigenvalue weighted by Crippen LogP contribution is -2.48. The SMILES string of the molecule is CC=C(C)[SiH2]O[Si](CC)(O[SiH2]C(C)=CC)O[SiH2]C(C)=CC. The van der Waals surface area contributed by atoms with Crippen molar-refractivity contribution in [1.29, 1.82) is 0 Å². The Hall–Kier alpha value is -0.0325. The largest absolute Gasteiger partial charge is 0.468 e. The lowest BCUT2D eigenvalue weighted by Gasteiger charge is -2.30. The molecule has 0 aromatic rings. The molecule has 0 aliphatic carbocycles. The summed E-state index contributed by atoms with van der Waals surface area (Å²) in [6, 6.07) is 0.880. The van der Waals surface area contributed by atoms with Crippen LogP contribution in [-0.2, 0) is 12.3 Å². The molecule has 0 N–H and O–H groups in total. The third-order valence-electron chi connectivity index (χ3n) is 3.47. The van der Waals surface area contributed by atoms with E-state index in [1.807, 2.05) is 0 Å². The predicted molar refractivity (Wildman–Crippen MR) is 103 cm³/mol. The molecule has 0 fully saturated rings. The van der Waals surface area contributed by atoms with Crippen LogP contribution in [0.25, 0.3) is 0 Å². The standard InChI is InChI=1S/C14H32O3Si4/c1-8-12(5)18-15-21(11-4,16-19-13(6)9-2)17-20-14(7)10-3/h8-10H,11,18-20H2,1-7H3. The summed E-state index contributed by atoms with van der Waals surface area (Å²) in [5.74, 6) is 0. The molecule has 0 aromatic carbocycles. The zero-order valence-corrected chi connectivity index (χ0v) is 20.0. The van der Waals surface area contributed by atoms with Gasteiger partial charge in [0, 0.05) is 6.04 Å². The molecule has 0 aliphatic rings. The number of hydrogen-bond donors (Lipinski definition) is 0. The summed E-state index contributed by atoms with van der Waals surface area (Å²) < 4.78 is 18.9. The van der Waals surface area contributed by atoms with Gasteiger partial charge in [0.1, 0.15) is 0 Å². The molecule has 0 rings (SSSR count). The maximum Gasteiger partial charge on any atom is 0.468 e.